The second-order valence-corrected chi connectivity index (χ2v) is 12.4. The van der Waals surface area contributed by atoms with Crippen LogP contribution in [-0.2, 0) is 0 Å². The van der Waals surface area contributed by atoms with Gasteiger partial charge in [-0.25, -0.2) is 0 Å². The van der Waals surface area contributed by atoms with Crippen LogP contribution >= 0.6 is 103 Å². The number of hydrogen-bond donors (Lipinski definition) is 0. The zero-order valence-electron chi connectivity index (χ0n) is 19.8. The molecule has 198 valence electrons. The predicted molar refractivity (Wildman–Crippen MR) is 183 cm³/mol. The Hall–Kier alpha value is -1.01. The molecule has 3 heterocycles. The van der Waals surface area contributed by atoms with E-state index in [1.165, 1.54) is 0 Å². The first kappa shape index (κ1) is 33.5. The van der Waals surface area contributed by atoms with Crippen LogP contribution in [0.3, 0.4) is 0 Å². The van der Waals surface area contributed by atoms with Gasteiger partial charge in [0.25, 0.3) is 0 Å². The molecule has 0 aliphatic rings. The Morgan fingerprint density at radius 3 is 1.00 bits per heavy atom. The molecule has 6 rings (SSSR count). The van der Waals surface area contributed by atoms with Crippen LogP contribution in [0.1, 0.15) is 0 Å². The van der Waals surface area contributed by atoms with E-state index in [1.54, 1.807) is 73.2 Å². The minimum Gasteiger partial charge on any atom is -0.870 e. The third-order valence-corrected chi connectivity index (χ3v) is 8.59. The molecule has 3 aromatic carbocycles. The fourth-order valence-corrected chi connectivity index (χ4v) is 6.48. The molecular formula is C27H12Cl3GaI3N3O3. The summed E-state index contributed by atoms with van der Waals surface area (Å²) in [6.07, 6.45) is 4.78. The zero-order chi connectivity index (χ0) is 28.3. The molecule has 0 saturated carbocycles. The van der Waals surface area contributed by atoms with Gasteiger partial charge in [0.1, 0.15) is 0 Å². The molecule has 6 aromatic rings. The number of fused-ring (bicyclic) bond motifs is 3. The van der Waals surface area contributed by atoms with E-state index >= 15 is 0 Å². The smallest absolute Gasteiger partial charge is 0.870 e. The van der Waals surface area contributed by atoms with Crippen LogP contribution in [0.25, 0.3) is 32.7 Å². The van der Waals surface area contributed by atoms with E-state index in [-0.39, 0.29) is 37.0 Å². The number of rotatable bonds is 0. The monoisotopic (exact) mass is 981 g/mol. The van der Waals surface area contributed by atoms with Gasteiger partial charge in [-0.3, -0.25) is 15.0 Å². The second-order valence-electron chi connectivity index (χ2n) is 7.71. The molecule has 0 unspecified atom stereocenters. The van der Waals surface area contributed by atoms with Gasteiger partial charge in [-0.2, -0.15) is 0 Å². The fourth-order valence-electron chi connectivity index (χ4n) is 3.44. The Balaban J connectivity index is 0.000000163. The number of pyridine rings is 3. The average Bonchev–Trinajstić information content (AvgIpc) is 2.94. The summed E-state index contributed by atoms with van der Waals surface area (Å²) in [6, 6.07) is 15.7. The fraction of sp³-hybridized carbons (Fsp3) is 0. The van der Waals surface area contributed by atoms with E-state index in [4.69, 9.17) is 34.8 Å². The first-order valence-electron chi connectivity index (χ1n) is 10.8. The normalized spacial score (nSPS) is 10.3. The quantitative estimate of drug-likeness (QED) is 0.117. The number of aromatic nitrogens is 3. The van der Waals surface area contributed by atoms with Gasteiger partial charge in [-0.15, -0.1) is 0 Å². The third kappa shape index (κ3) is 7.49. The molecule has 0 spiro atoms. The minimum atomic E-state index is -0.0550. The molecule has 0 N–H and O–H groups in total. The largest absolute Gasteiger partial charge is 3.00 e. The van der Waals surface area contributed by atoms with E-state index in [2.05, 4.69) is 15.0 Å². The Morgan fingerprint density at radius 2 is 0.750 bits per heavy atom. The Kier molecular flexibility index (Phi) is 12.5. The van der Waals surface area contributed by atoms with Gasteiger partial charge in [0.05, 0.1) is 31.6 Å². The van der Waals surface area contributed by atoms with Crippen LogP contribution < -0.4 is 15.3 Å². The molecule has 0 atom stereocenters. The summed E-state index contributed by atoms with van der Waals surface area (Å²) < 4.78 is 1.82. The summed E-state index contributed by atoms with van der Waals surface area (Å²) in [5, 5.41) is 38.5. The van der Waals surface area contributed by atoms with E-state index in [1.807, 2.05) is 67.8 Å². The van der Waals surface area contributed by atoms with Gasteiger partial charge >= 0.3 is 19.8 Å². The van der Waals surface area contributed by atoms with Gasteiger partial charge in [0, 0.05) is 45.5 Å². The first-order valence-corrected chi connectivity index (χ1v) is 15.2. The molecule has 6 nitrogen and oxygen atoms in total. The molecule has 0 saturated heterocycles. The van der Waals surface area contributed by atoms with Crippen molar-refractivity contribution in [2.45, 2.75) is 0 Å². The summed E-state index contributed by atoms with van der Waals surface area (Å²) in [4.78, 5) is 12.0. The van der Waals surface area contributed by atoms with Crippen molar-refractivity contribution in [1.29, 1.82) is 0 Å². The van der Waals surface area contributed by atoms with Crippen molar-refractivity contribution in [3.63, 3.8) is 0 Å². The van der Waals surface area contributed by atoms with Crippen molar-refractivity contribution in [3.8, 4) is 17.2 Å². The Bertz CT molecular complexity index is 1640. The number of nitrogens with zero attached hydrogens (tertiary/aromatic N) is 3. The minimum absolute atomic E-state index is 0. The molecular weight excluding hydrogens is 971 g/mol. The number of halogens is 6. The SMILES string of the molecule is [Ga+3].[O-]c1c(I)cc(Cl)c2cccnc12.[O-]c1c(I)cc(Cl)c2cccnc12.[O-]c1c(I)cc(Cl)c2cccnc12. The van der Waals surface area contributed by atoms with E-state index in [9.17, 15) is 15.3 Å². The van der Waals surface area contributed by atoms with Crippen LogP contribution in [0, 0.1) is 10.7 Å². The second kappa shape index (κ2) is 14.9. The van der Waals surface area contributed by atoms with Crippen LogP contribution in [0.4, 0.5) is 0 Å². The van der Waals surface area contributed by atoms with Crippen molar-refractivity contribution in [3.05, 3.63) is 99.0 Å². The number of benzene rings is 3. The van der Waals surface area contributed by atoms with E-state index in [0.29, 0.717) is 42.3 Å². The van der Waals surface area contributed by atoms with Gasteiger partial charge in [-0.1, -0.05) is 52.1 Å². The maximum absolute atomic E-state index is 11.6. The summed E-state index contributed by atoms with van der Waals surface area (Å²) in [5.41, 5.74) is 1.33. The summed E-state index contributed by atoms with van der Waals surface area (Å²) in [5.74, 6) is -0.165. The Morgan fingerprint density at radius 1 is 0.500 bits per heavy atom. The standard InChI is InChI=1S/3C9H5ClINO.Ga/c3*10-6-4-7(11)9(13)8-5(6)2-1-3-12-8;/h3*1-4,13H;/q;;;+3/p-3. The van der Waals surface area contributed by atoms with Crippen molar-refractivity contribution in [2.75, 3.05) is 0 Å². The molecule has 3 aromatic heterocycles. The summed E-state index contributed by atoms with van der Waals surface area (Å²) in [6.45, 7) is 0. The maximum Gasteiger partial charge on any atom is 3.00 e. The summed E-state index contributed by atoms with van der Waals surface area (Å²) in [7, 11) is 0. The van der Waals surface area contributed by atoms with Crippen molar-refractivity contribution < 1.29 is 15.3 Å². The maximum atomic E-state index is 11.6. The summed E-state index contributed by atoms with van der Waals surface area (Å²) >= 11 is 23.7. The number of hydrogen-bond acceptors (Lipinski definition) is 6. The van der Waals surface area contributed by atoms with Gasteiger partial charge in [0.2, 0.25) is 0 Å². The van der Waals surface area contributed by atoms with Crippen molar-refractivity contribution in [1.82, 2.24) is 15.0 Å². The Labute approximate surface area is 298 Å². The zero-order valence-corrected chi connectivity index (χ0v) is 31.0. The van der Waals surface area contributed by atoms with Crippen LogP contribution in [-0.4, -0.2) is 34.7 Å². The molecule has 0 amide bonds. The van der Waals surface area contributed by atoms with E-state index in [0.717, 1.165) is 16.2 Å². The van der Waals surface area contributed by atoms with Gasteiger partial charge in [-0.05, 0) is 122 Å². The van der Waals surface area contributed by atoms with E-state index < -0.39 is 0 Å². The van der Waals surface area contributed by atoms with Crippen LogP contribution in [0.5, 0.6) is 17.2 Å². The molecule has 0 bridgehead atoms. The molecule has 0 aliphatic heterocycles. The predicted octanol–water partition coefficient (Wildman–Crippen LogP) is 7.32. The van der Waals surface area contributed by atoms with Crippen LogP contribution in [0.2, 0.25) is 15.1 Å². The molecule has 13 heteroatoms. The molecule has 0 aliphatic carbocycles. The molecule has 40 heavy (non-hydrogen) atoms. The average molecular weight is 983 g/mol. The molecule has 0 radical (unpaired) electrons. The van der Waals surface area contributed by atoms with Crippen LogP contribution in [0.15, 0.2) is 73.2 Å². The van der Waals surface area contributed by atoms with Gasteiger partial charge in [0.15, 0.2) is 0 Å². The topological polar surface area (TPSA) is 108 Å². The third-order valence-electron chi connectivity index (χ3n) is 5.25. The molecule has 0 fully saturated rings. The van der Waals surface area contributed by atoms with Crippen molar-refractivity contribution >= 4 is 155 Å². The van der Waals surface area contributed by atoms with Gasteiger partial charge < -0.3 is 15.3 Å². The first-order chi connectivity index (χ1) is 18.6. The van der Waals surface area contributed by atoms with Crippen molar-refractivity contribution in [2.24, 2.45) is 0 Å².